The van der Waals surface area contributed by atoms with Crippen molar-refractivity contribution in [3.63, 3.8) is 0 Å². The predicted molar refractivity (Wildman–Crippen MR) is 68.8 cm³/mol. The van der Waals surface area contributed by atoms with Gasteiger partial charge in [-0.3, -0.25) is 0 Å². The molecule has 5 nitrogen and oxygen atoms in total. The highest BCUT2D eigenvalue weighted by atomic mass is 16.5. The van der Waals surface area contributed by atoms with Gasteiger partial charge in [-0.2, -0.15) is 0 Å². The van der Waals surface area contributed by atoms with Crippen LogP contribution in [-0.2, 0) is 4.74 Å². The SMILES string of the molecule is CNC1CCN(C2=NC(OC)NC(C)=C2)CC1. The monoisotopic (exact) mass is 238 g/mol. The highest BCUT2D eigenvalue weighted by molar-refractivity contribution is 5.94. The van der Waals surface area contributed by atoms with Crippen LogP contribution in [0.25, 0.3) is 0 Å². The average Bonchev–Trinajstić information content (AvgIpc) is 2.38. The lowest BCUT2D eigenvalue weighted by Gasteiger charge is -2.35. The van der Waals surface area contributed by atoms with Crippen molar-refractivity contribution in [1.29, 1.82) is 0 Å². The number of ether oxygens (including phenoxy) is 1. The lowest BCUT2D eigenvalue weighted by molar-refractivity contribution is 0.0872. The maximum absolute atomic E-state index is 5.25. The minimum absolute atomic E-state index is 0.239. The summed E-state index contributed by atoms with van der Waals surface area (Å²) in [7, 11) is 3.71. The van der Waals surface area contributed by atoms with Gasteiger partial charge < -0.3 is 20.3 Å². The van der Waals surface area contributed by atoms with Crippen LogP contribution >= 0.6 is 0 Å². The van der Waals surface area contributed by atoms with E-state index in [1.165, 1.54) is 12.8 Å². The minimum atomic E-state index is -0.239. The molecule has 2 rings (SSSR count). The number of hydrogen-bond acceptors (Lipinski definition) is 5. The van der Waals surface area contributed by atoms with Crippen molar-refractivity contribution < 1.29 is 4.74 Å². The summed E-state index contributed by atoms with van der Waals surface area (Å²) in [5.74, 6) is 1.04. The molecule has 1 atom stereocenters. The fraction of sp³-hybridized carbons (Fsp3) is 0.750. The molecule has 0 aliphatic carbocycles. The number of nitrogens with zero attached hydrogens (tertiary/aromatic N) is 2. The Bertz CT molecular complexity index is 318. The Hall–Kier alpha value is -1.07. The first-order valence-corrected chi connectivity index (χ1v) is 6.20. The zero-order valence-electron chi connectivity index (χ0n) is 10.9. The third-order valence-electron chi connectivity index (χ3n) is 3.40. The number of allylic oxidation sites excluding steroid dienone is 1. The van der Waals surface area contributed by atoms with Gasteiger partial charge >= 0.3 is 0 Å². The van der Waals surface area contributed by atoms with Gasteiger partial charge in [0.05, 0.1) is 0 Å². The molecule has 1 saturated heterocycles. The van der Waals surface area contributed by atoms with Gasteiger partial charge in [-0.25, -0.2) is 4.99 Å². The second-order valence-corrected chi connectivity index (χ2v) is 4.60. The van der Waals surface area contributed by atoms with Crippen LogP contribution in [0.2, 0.25) is 0 Å². The van der Waals surface area contributed by atoms with Gasteiger partial charge in [0.1, 0.15) is 5.84 Å². The molecule has 17 heavy (non-hydrogen) atoms. The van der Waals surface area contributed by atoms with Gasteiger partial charge in [-0.05, 0) is 32.9 Å². The van der Waals surface area contributed by atoms with Crippen molar-refractivity contribution in [3.8, 4) is 0 Å². The Balaban J connectivity index is 2.00. The van der Waals surface area contributed by atoms with Crippen molar-refractivity contribution in [3.05, 3.63) is 11.8 Å². The van der Waals surface area contributed by atoms with Crippen LogP contribution in [0.3, 0.4) is 0 Å². The topological polar surface area (TPSA) is 48.9 Å². The summed E-state index contributed by atoms with van der Waals surface area (Å²) in [5.41, 5.74) is 1.11. The van der Waals surface area contributed by atoms with Crippen LogP contribution < -0.4 is 10.6 Å². The minimum Gasteiger partial charge on any atom is -0.357 e. The lowest BCUT2D eigenvalue weighted by Crippen LogP contribution is -2.46. The molecule has 2 N–H and O–H groups in total. The van der Waals surface area contributed by atoms with Crippen molar-refractivity contribution in [2.75, 3.05) is 27.2 Å². The van der Waals surface area contributed by atoms with E-state index >= 15 is 0 Å². The molecule has 1 fully saturated rings. The first-order valence-electron chi connectivity index (χ1n) is 6.20. The Kier molecular flexibility index (Phi) is 4.02. The third-order valence-corrected chi connectivity index (χ3v) is 3.40. The molecule has 5 heteroatoms. The Morgan fingerprint density at radius 3 is 2.76 bits per heavy atom. The Morgan fingerprint density at radius 1 is 1.47 bits per heavy atom. The van der Waals surface area contributed by atoms with E-state index in [0.717, 1.165) is 24.6 Å². The second kappa shape index (κ2) is 5.51. The van der Waals surface area contributed by atoms with Crippen molar-refractivity contribution >= 4 is 5.84 Å². The lowest BCUT2D eigenvalue weighted by atomic mass is 10.1. The van der Waals surface area contributed by atoms with E-state index in [1.54, 1.807) is 7.11 Å². The molecule has 0 saturated carbocycles. The van der Waals surface area contributed by atoms with E-state index in [9.17, 15) is 0 Å². The van der Waals surface area contributed by atoms with Gasteiger partial charge in [-0.1, -0.05) is 0 Å². The normalized spacial score (nSPS) is 26.3. The number of amidine groups is 1. The molecule has 2 heterocycles. The van der Waals surface area contributed by atoms with Crippen LogP contribution in [0.1, 0.15) is 19.8 Å². The summed E-state index contributed by atoms with van der Waals surface area (Å²) < 4.78 is 5.25. The first kappa shape index (κ1) is 12.4. The average molecular weight is 238 g/mol. The number of nitrogens with one attached hydrogen (secondary N) is 2. The summed E-state index contributed by atoms with van der Waals surface area (Å²) >= 11 is 0. The van der Waals surface area contributed by atoms with Gasteiger partial charge in [0, 0.05) is 31.9 Å². The Labute approximate surface area is 103 Å². The molecular weight excluding hydrogens is 216 g/mol. The van der Waals surface area contributed by atoms with E-state index in [4.69, 9.17) is 4.74 Å². The largest absolute Gasteiger partial charge is 0.357 e. The molecule has 0 aromatic carbocycles. The van der Waals surface area contributed by atoms with Gasteiger partial charge in [-0.15, -0.1) is 0 Å². The molecule has 0 spiro atoms. The number of piperidine rings is 1. The molecule has 96 valence electrons. The van der Waals surface area contributed by atoms with Gasteiger partial charge in [0.25, 0.3) is 0 Å². The summed E-state index contributed by atoms with van der Waals surface area (Å²) in [6, 6.07) is 0.650. The summed E-state index contributed by atoms with van der Waals surface area (Å²) in [4.78, 5) is 6.88. The maximum Gasteiger partial charge on any atom is 0.227 e. The van der Waals surface area contributed by atoms with Crippen LogP contribution in [0, 0.1) is 0 Å². The maximum atomic E-state index is 5.25. The standard InChI is InChI=1S/C12H22N4O/c1-9-8-11(15-12(14-9)17-3)16-6-4-10(13-2)5-7-16/h8,10,12-14H,4-7H2,1-3H3. The molecule has 1 unspecified atom stereocenters. The van der Waals surface area contributed by atoms with E-state index in [-0.39, 0.29) is 6.35 Å². The van der Waals surface area contributed by atoms with E-state index < -0.39 is 0 Å². The summed E-state index contributed by atoms with van der Waals surface area (Å²) in [6.07, 6.45) is 4.20. The van der Waals surface area contributed by atoms with Crippen molar-refractivity contribution in [2.24, 2.45) is 4.99 Å². The summed E-state index contributed by atoms with van der Waals surface area (Å²) in [5, 5.41) is 6.50. The van der Waals surface area contributed by atoms with Gasteiger partial charge in [0.2, 0.25) is 6.35 Å². The zero-order valence-corrected chi connectivity index (χ0v) is 10.9. The molecule has 0 radical (unpaired) electrons. The van der Waals surface area contributed by atoms with Crippen LogP contribution in [-0.4, -0.2) is 50.4 Å². The fourth-order valence-corrected chi connectivity index (χ4v) is 2.30. The summed E-state index contributed by atoms with van der Waals surface area (Å²) in [6.45, 7) is 4.16. The van der Waals surface area contributed by atoms with Crippen LogP contribution in [0.4, 0.5) is 0 Å². The molecule has 0 amide bonds. The number of aliphatic imine (C=N–C) groups is 1. The molecular formula is C12H22N4O. The second-order valence-electron chi connectivity index (χ2n) is 4.60. The van der Waals surface area contributed by atoms with Crippen molar-refractivity contribution in [2.45, 2.75) is 32.2 Å². The van der Waals surface area contributed by atoms with E-state index in [1.807, 2.05) is 14.0 Å². The number of rotatable bonds is 2. The molecule has 2 aliphatic heterocycles. The highest BCUT2D eigenvalue weighted by Gasteiger charge is 2.22. The predicted octanol–water partition coefficient (Wildman–Crippen LogP) is 0.506. The molecule has 2 aliphatic rings. The number of hydrogen-bond donors (Lipinski definition) is 2. The smallest absolute Gasteiger partial charge is 0.227 e. The molecule has 0 aromatic rings. The van der Waals surface area contributed by atoms with E-state index in [0.29, 0.717) is 6.04 Å². The van der Waals surface area contributed by atoms with Crippen molar-refractivity contribution in [1.82, 2.24) is 15.5 Å². The van der Waals surface area contributed by atoms with E-state index in [2.05, 4.69) is 26.6 Å². The number of likely N-dealkylation sites (tertiary alicyclic amines) is 1. The fourth-order valence-electron chi connectivity index (χ4n) is 2.30. The Morgan fingerprint density at radius 2 is 2.18 bits per heavy atom. The number of methoxy groups -OCH3 is 1. The van der Waals surface area contributed by atoms with Gasteiger partial charge in [0.15, 0.2) is 0 Å². The molecule has 0 aromatic heterocycles. The third kappa shape index (κ3) is 2.98. The quantitative estimate of drug-likeness (QED) is 0.736. The zero-order chi connectivity index (χ0) is 12.3. The van der Waals surface area contributed by atoms with Crippen LogP contribution in [0.15, 0.2) is 16.8 Å². The molecule has 0 bridgehead atoms. The van der Waals surface area contributed by atoms with Crippen LogP contribution in [0.5, 0.6) is 0 Å². The highest BCUT2D eigenvalue weighted by Crippen LogP contribution is 2.14. The first-order chi connectivity index (χ1) is 8.22.